The molecule has 0 saturated carbocycles. The van der Waals surface area contributed by atoms with Gasteiger partial charge in [0.25, 0.3) is 5.91 Å². The van der Waals surface area contributed by atoms with E-state index in [1.165, 1.54) is 0 Å². The number of pyridine rings is 1. The molecule has 0 aliphatic carbocycles. The van der Waals surface area contributed by atoms with Crippen molar-refractivity contribution in [1.82, 2.24) is 14.8 Å². The molecule has 3 aromatic rings. The highest BCUT2D eigenvalue weighted by molar-refractivity contribution is 6.31. The number of amides is 2. The number of hydrogen-bond donors (Lipinski definition) is 0. The molecule has 1 atom stereocenters. The summed E-state index contributed by atoms with van der Waals surface area (Å²) in [6, 6.07) is 16.1. The number of ether oxygens (including phenoxy) is 1. The van der Waals surface area contributed by atoms with Crippen LogP contribution in [-0.4, -0.2) is 58.9 Å². The van der Waals surface area contributed by atoms with Crippen LogP contribution >= 0.6 is 11.6 Å². The van der Waals surface area contributed by atoms with Gasteiger partial charge in [-0.2, -0.15) is 0 Å². The van der Waals surface area contributed by atoms with Gasteiger partial charge in [0.2, 0.25) is 5.91 Å². The molecule has 0 N–H and O–H groups in total. The van der Waals surface area contributed by atoms with E-state index in [1.54, 1.807) is 0 Å². The molecule has 7 heteroatoms. The summed E-state index contributed by atoms with van der Waals surface area (Å²) in [5.74, 6) is 0.234. The van der Waals surface area contributed by atoms with Crippen LogP contribution in [0.15, 0.2) is 48.5 Å². The number of rotatable bonds is 8. The van der Waals surface area contributed by atoms with Gasteiger partial charge in [0.15, 0.2) is 0 Å². The highest BCUT2D eigenvalue weighted by Crippen LogP contribution is 2.29. The van der Waals surface area contributed by atoms with E-state index >= 15 is 0 Å². The maximum Gasteiger partial charge on any atom is 0.252 e. The third-order valence-corrected chi connectivity index (χ3v) is 7.29. The second-order valence-corrected chi connectivity index (χ2v) is 10.2. The second-order valence-electron chi connectivity index (χ2n) is 9.80. The van der Waals surface area contributed by atoms with E-state index in [0.29, 0.717) is 37.7 Å². The predicted octanol–water partition coefficient (Wildman–Crippen LogP) is 5.38. The van der Waals surface area contributed by atoms with Gasteiger partial charge in [-0.1, -0.05) is 41.4 Å². The molecule has 6 nitrogen and oxygen atoms in total. The Balaban J connectivity index is 1.47. The van der Waals surface area contributed by atoms with Crippen LogP contribution < -0.4 is 0 Å². The maximum absolute atomic E-state index is 13.5. The van der Waals surface area contributed by atoms with Crippen molar-refractivity contribution >= 4 is 34.3 Å². The number of halogens is 1. The Morgan fingerprint density at radius 3 is 2.83 bits per heavy atom. The zero-order valence-electron chi connectivity index (χ0n) is 20.7. The fourth-order valence-electron chi connectivity index (χ4n) is 5.19. The van der Waals surface area contributed by atoms with E-state index in [4.69, 9.17) is 21.3 Å². The highest BCUT2D eigenvalue weighted by atomic mass is 35.5. The summed E-state index contributed by atoms with van der Waals surface area (Å²) in [5, 5.41) is 1.63. The van der Waals surface area contributed by atoms with Crippen molar-refractivity contribution in [2.75, 3.05) is 26.2 Å². The summed E-state index contributed by atoms with van der Waals surface area (Å²) in [6.45, 7) is 5.17. The van der Waals surface area contributed by atoms with E-state index in [9.17, 15) is 9.59 Å². The molecule has 2 saturated heterocycles. The Hall–Kier alpha value is -2.96. The number of hydrogen-bond acceptors (Lipinski definition) is 4. The topological polar surface area (TPSA) is 62.7 Å². The highest BCUT2D eigenvalue weighted by Gasteiger charge is 2.29. The van der Waals surface area contributed by atoms with E-state index in [1.807, 2.05) is 34.1 Å². The van der Waals surface area contributed by atoms with Crippen LogP contribution in [0.3, 0.4) is 0 Å². The number of nitrogens with zero attached hydrogens (tertiary/aromatic N) is 3. The Morgan fingerprint density at radius 1 is 1.19 bits per heavy atom. The third-order valence-electron chi connectivity index (χ3n) is 7.06. The number of fused-ring (bicyclic) bond motifs is 1. The predicted molar refractivity (Wildman–Crippen MR) is 142 cm³/mol. The number of aryl methyl sites for hydroxylation is 1. The van der Waals surface area contributed by atoms with Crippen molar-refractivity contribution in [2.45, 2.75) is 51.7 Å². The van der Waals surface area contributed by atoms with Crippen LogP contribution in [0.4, 0.5) is 0 Å². The summed E-state index contributed by atoms with van der Waals surface area (Å²) >= 11 is 6.27. The van der Waals surface area contributed by atoms with Crippen molar-refractivity contribution in [1.29, 1.82) is 0 Å². The fourth-order valence-corrected chi connectivity index (χ4v) is 5.35. The van der Waals surface area contributed by atoms with Crippen LogP contribution in [0, 0.1) is 6.92 Å². The first-order valence-corrected chi connectivity index (χ1v) is 13.2. The molecule has 1 aromatic heterocycles. The van der Waals surface area contributed by atoms with Gasteiger partial charge in [0.05, 0.1) is 11.2 Å². The largest absolute Gasteiger partial charge is 0.368 e. The minimum absolute atomic E-state index is 0.0200. The van der Waals surface area contributed by atoms with Crippen molar-refractivity contribution in [3.05, 3.63) is 64.7 Å². The van der Waals surface area contributed by atoms with Gasteiger partial charge >= 0.3 is 0 Å². The fraction of sp³-hybridized carbons (Fsp3) is 0.414. The summed E-state index contributed by atoms with van der Waals surface area (Å²) in [7, 11) is 0. The molecule has 188 valence electrons. The van der Waals surface area contributed by atoms with Gasteiger partial charge in [-0.3, -0.25) is 9.59 Å². The van der Waals surface area contributed by atoms with E-state index in [2.05, 4.69) is 31.2 Å². The molecule has 2 aromatic carbocycles. The zero-order chi connectivity index (χ0) is 25.1. The summed E-state index contributed by atoms with van der Waals surface area (Å²) in [6.07, 6.45) is 3.54. The van der Waals surface area contributed by atoms with E-state index in [-0.39, 0.29) is 11.8 Å². The smallest absolute Gasteiger partial charge is 0.252 e. The van der Waals surface area contributed by atoms with Gasteiger partial charge in [0.1, 0.15) is 6.10 Å². The van der Waals surface area contributed by atoms with Crippen molar-refractivity contribution in [2.24, 2.45) is 0 Å². The van der Waals surface area contributed by atoms with Gasteiger partial charge in [-0.15, -0.1) is 0 Å². The molecule has 2 aliphatic rings. The first-order valence-electron chi connectivity index (χ1n) is 12.8. The first-order chi connectivity index (χ1) is 17.5. The lowest BCUT2D eigenvalue weighted by Gasteiger charge is -2.27. The Labute approximate surface area is 217 Å². The molecule has 2 amide bonds. The number of aromatic nitrogens is 1. The molecule has 0 radical (unpaired) electrons. The number of benzene rings is 2. The monoisotopic (exact) mass is 505 g/mol. The molecule has 36 heavy (non-hydrogen) atoms. The third kappa shape index (κ3) is 5.55. The summed E-state index contributed by atoms with van der Waals surface area (Å²) in [5.41, 5.74) is 4.83. The van der Waals surface area contributed by atoms with Crippen molar-refractivity contribution < 1.29 is 14.3 Å². The lowest BCUT2D eigenvalue weighted by atomic mass is 10.0. The number of likely N-dealkylation sites (tertiary alicyclic amines) is 1. The molecule has 5 rings (SSSR count). The number of carbonyl (C=O) groups is 2. The molecule has 0 unspecified atom stereocenters. The summed E-state index contributed by atoms with van der Waals surface area (Å²) in [4.78, 5) is 34.4. The summed E-state index contributed by atoms with van der Waals surface area (Å²) < 4.78 is 5.76. The first kappa shape index (κ1) is 24.7. The normalized spacial score (nSPS) is 17.8. The van der Waals surface area contributed by atoms with Gasteiger partial charge in [-0.05, 0) is 62.4 Å². The van der Waals surface area contributed by atoms with Crippen molar-refractivity contribution in [3.63, 3.8) is 0 Å². The van der Waals surface area contributed by atoms with Crippen LogP contribution in [0.2, 0.25) is 5.02 Å². The van der Waals surface area contributed by atoms with Crippen LogP contribution in [0.5, 0.6) is 0 Å². The molecule has 2 aliphatic heterocycles. The van der Waals surface area contributed by atoms with Gasteiger partial charge in [-0.25, -0.2) is 4.98 Å². The average molecular weight is 506 g/mol. The molecular formula is C29H32ClN3O3. The van der Waals surface area contributed by atoms with Crippen LogP contribution in [0.1, 0.15) is 43.2 Å². The molecule has 0 spiro atoms. The van der Waals surface area contributed by atoms with Gasteiger partial charge in [0, 0.05) is 55.2 Å². The quantitative estimate of drug-likeness (QED) is 0.412. The Bertz CT molecular complexity index is 1270. The standard InChI is InChI=1S/C29H32ClN3O3/c1-20-6-2-7-22(16-20)28-23(17-21-10-11-24(30)18-25(21)31-28)19-33(29(35)26-8-4-15-36-26)14-5-13-32-12-3-9-27(32)34/h2,6-7,10-11,16-18,26H,3-5,8-9,12-15,19H2,1H3/t26-/m0/s1. The van der Waals surface area contributed by atoms with E-state index < -0.39 is 6.10 Å². The second kappa shape index (κ2) is 11.0. The SMILES string of the molecule is Cc1cccc(-c2nc3cc(Cl)ccc3cc2CN(CCCN2CCCC2=O)C(=O)[C@@H]2CCCO2)c1. The molecule has 0 bridgehead atoms. The maximum atomic E-state index is 13.5. The Morgan fingerprint density at radius 2 is 2.08 bits per heavy atom. The molecule has 3 heterocycles. The minimum atomic E-state index is -0.395. The van der Waals surface area contributed by atoms with Crippen LogP contribution in [-0.2, 0) is 20.9 Å². The molecular weight excluding hydrogens is 474 g/mol. The Kier molecular flexibility index (Phi) is 7.54. The zero-order valence-corrected chi connectivity index (χ0v) is 21.5. The minimum Gasteiger partial charge on any atom is -0.368 e. The average Bonchev–Trinajstić information content (AvgIpc) is 3.55. The lowest BCUT2D eigenvalue weighted by Crippen LogP contribution is -2.40. The van der Waals surface area contributed by atoms with E-state index in [0.717, 1.165) is 65.5 Å². The lowest BCUT2D eigenvalue weighted by molar-refractivity contribution is -0.141. The molecule has 2 fully saturated rings. The van der Waals surface area contributed by atoms with Crippen molar-refractivity contribution in [3.8, 4) is 11.3 Å². The van der Waals surface area contributed by atoms with Gasteiger partial charge < -0.3 is 14.5 Å². The van der Waals surface area contributed by atoms with Crippen LogP contribution in [0.25, 0.3) is 22.2 Å². The number of carbonyl (C=O) groups excluding carboxylic acids is 2.